The lowest BCUT2D eigenvalue weighted by Crippen LogP contribution is -2.33. The molecule has 1 aliphatic rings. The molecule has 1 unspecified atom stereocenters. The van der Waals surface area contributed by atoms with Crippen LogP contribution < -0.4 is 10.1 Å². The predicted octanol–water partition coefficient (Wildman–Crippen LogP) is 2.89. The van der Waals surface area contributed by atoms with Crippen LogP contribution in [0.25, 0.3) is 11.1 Å². The van der Waals surface area contributed by atoms with Crippen molar-refractivity contribution in [3.63, 3.8) is 0 Å². The molecule has 1 atom stereocenters. The van der Waals surface area contributed by atoms with Crippen molar-refractivity contribution in [2.75, 3.05) is 26.7 Å². The molecule has 156 valence electrons. The second-order valence-corrected chi connectivity index (χ2v) is 7.81. The van der Waals surface area contributed by atoms with Gasteiger partial charge in [-0.2, -0.15) is 5.10 Å². The monoisotopic (exact) mass is 404 g/mol. The zero-order chi connectivity index (χ0) is 20.9. The number of nitrogens with one attached hydrogen (secondary N) is 1. The number of benzene rings is 2. The van der Waals surface area contributed by atoms with Crippen molar-refractivity contribution >= 4 is 5.91 Å². The Labute approximate surface area is 177 Å². The molecule has 2 heterocycles. The van der Waals surface area contributed by atoms with E-state index in [9.17, 15) is 4.79 Å². The number of rotatable bonds is 6. The normalized spacial score (nSPS) is 17.4. The Kier molecular flexibility index (Phi) is 6.14. The van der Waals surface area contributed by atoms with E-state index >= 15 is 0 Å². The van der Waals surface area contributed by atoms with Gasteiger partial charge < -0.3 is 10.1 Å². The molecule has 1 aliphatic heterocycles. The van der Waals surface area contributed by atoms with Crippen LogP contribution in [-0.4, -0.2) is 47.3 Å². The molecule has 4 rings (SSSR count). The summed E-state index contributed by atoms with van der Waals surface area (Å²) in [6, 6.07) is 16.3. The number of aryl methyl sites for hydroxylation is 1. The van der Waals surface area contributed by atoms with E-state index in [1.807, 2.05) is 54.5 Å². The molecular weight excluding hydrogens is 376 g/mol. The van der Waals surface area contributed by atoms with E-state index in [1.165, 1.54) is 5.56 Å². The van der Waals surface area contributed by atoms with Crippen LogP contribution in [0.2, 0.25) is 0 Å². The van der Waals surface area contributed by atoms with Gasteiger partial charge in [0.25, 0.3) is 0 Å². The van der Waals surface area contributed by atoms with Crippen molar-refractivity contribution < 1.29 is 9.53 Å². The molecule has 1 N–H and O–H groups in total. The van der Waals surface area contributed by atoms with Crippen LogP contribution in [0.5, 0.6) is 5.75 Å². The highest BCUT2D eigenvalue weighted by atomic mass is 16.5. The summed E-state index contributed by atoms with van der Waals surface area (Å²) in [7, 11) is 3.62. The van der Waals surface area contributed by atoms with Gasteiger partial charge in [0.1, 0.15) is 5.75 Å². The highest BCUT2D eigenvalue weighted by molar-refractivity contribution is 5.80. The Balaban J connectivity index is 1.57. The molecule has 30 heavy (non-hydrogen) atoms. The Bertz CT molecular complexity index is 1010. The van der Waals surface area contributed by atoms with E-state index < -0.39 is 0 Å². The number of hydrogen-bond acceptors (Lipinski definition) is 4. The third kappa shape index (κ3) is 4.54. The third-order valence-electron chi connectivity index (χ3n) is 5.62. The molecule has 3 aromatic rings. The standard InChI is InChI=1S/C24H28N4O2/c1-27-15-18(14-26-27)16-28-12-11-25-24(29)20(17-28)13-19-7-3-4-8-21(19)22-9-5-6-10-23(22)30-2/h3-10,14-15,20H,11-13,16-17H2,1-2H3,(H,25,29). The van der Waals surface area contributed by atoms with Gasteiger partial charge in [-0.25, -0.2) is 0 Å². The lowest BCUT2D eigenvalue weighted by Gasteiger charge is -2.23. The number of nitrogens with zero attached hydrogens (tertiary/aromatic N) is 3. The Hall–Kier alpha value is -3.12. The van der Waals surface area contributed by atoms with Crippen molar-refractivity contribution in [1.29, 1.82) is 0 Å². The lowest BCUT2D eigenvalue weighted by atomic mass is 9.91. The minimum atomic E-state index is -0.111. The first-order valence-electron chi connectivity index (χ1n) is 10.3. The first-order chi connectivity index (χ1) is 14.6. The number of carbonyl (C=O) groups excluding carboxylic acids is 1. The van der Waals surface area contributed by atoms with E-state index in [2.05, 4.69) is 33.5 Å². The van der Waals surface area contributed by atoms with Crippen LogP contribution in [0.15, 0.2) is 60.9 Å². The van der Waals surface area contributed by atoms with E-state index in [0.29, 0.717) is 13.0 Å². The minimum absolute atomic E-state index is 0.111. The summed E-state index contributed by atoms with van der Waals surface area (Å²) in [6.07, 6.45) is 4.61. The van der Waals surface area contributed by atoms with Gasteiger partial charge in [-0.15, -0.1) is 0 Å². The highest BCUT2D eigenvalue weighted by Gasteiger charge is 2.26. The number of aromatic nitrogens is 2. The average Bonchev–Trinajstić information content (AvgIpc) is 3.09. The minimum Gasteiger partial charge on any atom is -0.496 e. The summed E-state index contributed by atoms with van der Waals surface area (Å²) in [4.78, 5) is 15.2. The summed E-state index contributed by atoms with van der Waals surface area (Å²) in [5.41, 5.74) is 4.49. The maximum atomic E-state index is 12.8. The quantitative estimate of drug-likeness (QED) is 0.686. The fraction of sp³-hybridized carbons (Fsp3) is 0.333. The number of para-hydroxylation sites is 1. The summed E-state index contributed by atoms with van der Waals surface area (Å²) in [5, 5.41) is 7.36. The molecule has 1 fully saturated rings. The molecule has 0 aliphatic carbocycles. The predicted molar refractivity (Wildman–Crippen MR) is 117 cm³/mol. The molecule has 6 nitrogen and oxygen atoms in total. The van der Waals surface area contributed by atoms with E-state index in [-0.39, 0.29) is 11.8 Å². The van der Waals surface area contributed by atoms with Crippen LogP contribution in [0, 0.1) is 5.92 Å². The topological polar surface area (TPSA) is 59.4 Å². The maximum Gasteiger partial charge on any atom is 0.224 e. The fourth-order valence-corrected chi connectivity index (χ4v) is 4.17. The Morgan fingerprint density at radius 1 is 1.13 bits per heavy atom. The van der Waals surface area contributed by atoms with Gasteiger partial charge in [0.2, 0.25) is 5.91 Å². The SMILES string of the molecule is COc1ccccc1-c1ccccc1CC1CN(Cc2cnn(C)c2)CCNC1=O. The summed E-state index contributed by atoms with van der Waals surface area (Å²) < 4.78 is 7.39. The van der Waals surface area contributed by atoms with Crippen LogP contribution >= 0.6 is 0 Å². The zero-order valence-electron chi connectivity index (χ0n) is 17.5. The molecule has 6 heteroatoms. The Morgan fingerprint density at radius 2 is 1.90 bits per heavy atom. The van der Waals surface area contributed by atoms with Gasteiger partial charge in [0, 0.05) is 50.6 Å². The molecule has 0 saturated carbocycles. The number of ether oxygens (including phenoxy) is 1. The molecule has 0 spiro atoms. The van der Waals surface area contributed by atoms with Crippen molar-refractivity contribution in [1.82, 2.24) is 20.0 Å². The van der Waals surface area contributed by atoms with Gasteiger partial charge in [-0.3, -0.25) is 14.4 Å². The van der Waals surface area contributed by atoms with Gasteiger partial charge in [-0.05, 0) is 23.6 Å². The van der Waals surface area contributed by atoms with Crippen molar-refractivity contribution in [2.45, 2.75) is 13.0 Å². The van der Waals surface area contributed by atoms with Gasteiger partial charge in [0.15, 0.2) is 0 Å². The molecule has 0 radical (unpaired) electrons. The first kappa shape index (κ1) is 20.2. The summed E-state index contributed by atoms with van der Waals surface area (Å²) in [5.74, 6) is 0.854. The fourth-order valence-electron chi connectivity index (χ4n) is 4.17. The first-order valence-corrected chi connectivity index (χ1v) is 10.3. The lowest BCUT2D eigenvalue weighted by molar-refractivity contribution is -0.124. The van der Waals surface area contributed by atoms with Crippen molar-refractivity contribution in [3.05, 3.63) is 72.1 Å². The molecular formula is C24H28N4O2. The Morgan fingerprint density at radius 3 is 2.67 bits per heavy atom. The van der Waals surface area contributed by atoms with Gasteiger partial charge in [-0.1, -0.05) is 42.5 Å². The zero-order valence-corrected chi connectivity index (χ0v) is 17.5. The average molecular weight is 405 g/mol. The van der Waals surface area contributed by atoms with Gasteiger partial charge in [0.05, 0.1) is 19.2 Å². The second kappa shape index (κ2) is 9.13. The second-order valence-electron chi connectivity index (χ2n) is 7.81. The van der Waals surface area contributed by atoms with Crippen molar-refractivity contribution in [2.24, 2.45) is 13.0 Å². The third-order valence-corrected chi connectivity index (χ3v) is 5.62. The highest BCUT2D eigenvalue weighted by Crippen LogP contribution is 2.33. The maximum absolute atomic E-state index is 12.8. The molecule has 0 bridgehead atoms. The number of amides is 1. The van der Waals surface area contributed by atoms with Crippen LogP contribution in [0.3, 0.4) is 0 Å². The smallest absolute Gasteiger partial charge is 0.224 e. The molecule has 1 amide bonds. The summed E-state index contributed by atoms with van der Waals surface area (Å²) in [6.45, 7) is 3.03. The van der Waals surface area contributed by atoms with E-state index in [4.69, 9.17) is 4.74 Å². The van der Waals surface area contributed by atoms with Gasteiger partial charge >= 0.3 is 0 Å². The number of carbonyl (C=O) groups is 1. The van der Waals surface area contributed by atoms with Crippen LogP contribution in [0.1, 0.15) is 11.1 Å². The van der Waals surface area contributed by atoms with Crippen LogP contribution in [-0.2, 0) is 24.8 Å². The number of hydrogen-bond donors (Lipinski definition) is 1. The molecule has 2 aromatic carbocycles. The molecule has 1 aromatic heterocycles. The largest absolute Gasteiger partial charge is 0.496 e. The van der Waals surface area contributed by atoms with E-state index in [0.717, 1.165) is 42.1 Å². The summed E-state index contributed by atoms with van der Waals surface area (Å²) >= 11 is 0. The van der Waals surface area contributed by atoms with Crippen LogP contribution in [0.4, 0.5) is 0 Å². The molecule has 1 saturated heterocycles. The number of methoxy groups -OCH3 is 1. The van der Waals surface area contributed by atoms with Crippen molar-refractivity contribution in [3.8, 4) is 16.9 Å². The van der Waals surface area contributed by atoms with E-state index in [1.54, 1.807) is 7.11 Å².